The molecule has 1 saturated heterocycles. The molecule has 2 unspecified atom stereocenters. The monoisotopic (exact) mass is 293 g/mol. The van der Waals surface area contributed by atoms with E-state index in [1.807, 2.05) is 20.0 Å². The van der Waals surface area contributed by atoms with Gasteiger partial charge in [-0.05, 0) is 45.6 Å². The van der Waals surface area contributed by atoms with Crippen LogP contribution >= 0.6 is 0 Å². The predicted molar refractivity (Wildman–Crippen MR) is 87.4 cm³/mol. The molecule has 1 fully saturated rings. The number of likely N-dealkylation sites (N-methyl/N-ethyl adjacent to an activating group) is 1. The summed E-state index contributed by atoms with van der Waals surface area (Å²) in [6, 6.07) is 6.04. The molecular weight excluding hydrogens is 265 g/mol. The minimum Gasteiger partial charge on any atom is -0.370 e. The molecule has 0 spiro atoms. The molecule has 1 heterocycles. The Bertz CT molecular complexity index is 459. The Morgan fingerprint density at radius 3 is 2.71 bits per heavy atom. The number of rotatable bonds is 6. The molecule has 1 N–H and O–H groups in total. The highest BCUT2D eigenvalue weighted by molar-refractivity contribution is 5.56. The summed E-state index contributed by atoms with van der Waals surface area (Å²) in [4.78, 5) is 4.84. The molecule has 21 heavy (non-hydrogen) atoms. The molecule has 2 rings (SSSR count). The zero-order valence-electron chi connectivity index (χ0n) is 13.7. The first-order valence-corrected chi connectivity index (χ1v) is 8.07. The Balaban J connectivity index is 2.22. The van der Waals surface area contributed by atoms with Gasteiger partial charge >= 0.3 is 0 Å². The van der Waals surface area contributed by atoms with E-state index in [-0.39, 0.29) is 11.9 Å². The maximum Gasteiger partial charge on any atom is 0.130 e. The van der Waals surface area contributed by atoms with E-state index in [4.69, 9.17) is 0 Å². The van der Waals surface area contributed by atoms with Crippen molar-refractivity contribution in [2.75, 3.05) is 38.1 Å². The van der Waals surface area contributed by atoms with E-state index >= 15 is 0 Å². The van der Waals surface area contributed by atoms with Gasteiger partial charge in [-0.2, -0.15) is 0 Å². The van der Waals surface area contributed by atoms with Crippen LogP contribution in [0.5, 0.6) is 0 Å². The van der Waals surface area contributed by atoms with Crippen molar-refractivity contribution in [2.24, 2.45) is 0 Å². The van der Waals surface area contributed by atoms with Gasteiger partial charge in [0.1, 0.15) is 5.82 Å². The number of nitrogens with one attached hydrogen (secondary N) is 1. The molecule has 0 radical (unpaired) electrons. The van der Waals surface area contributed by atoms with Crippen molar-refractivity contribution in [2.45, 2.75) is 39.3 Å². The maximum absolute atomic E-state index is 14.3. The number of benzene rings is 1. The van der Waals surface area contributed by atoms with Gasteiger partial charge in [0.05, 0.1) is 0 Å². The minimum absolute atomic E-state index is 0.0219. The highest BCUT2D eigenvalue weighted by Gasteiger charge is 2.28. The van der Waals surface area contributed by atoms with Gasteiger partial charge in [-0.1, -0.05) is 19.9 Å². The summed E-state index contributed by atoms with van der Waals surface area (Å²) in [5, 5.41) is 3.17. The Morgan fingerprint density at radius 1 is 1.38 bits per heavy atom. The van der Waals surface area contributed by atoms with Crippen LogP contribution in [0.1, 0.15) is 38.8 Å². The van der Waals surface area contributed by atoms with Crippen molar-refractivity contribution in [1.29, 1.82) is 0 Å². The van der Waals surface area contributed by atoms with Gasteiger partial charge in [0.2, 0.25) is 0 Å². The van der Waals surface area contributed by atoms with Crippen LogP contribution in [0.4, 0.5) is 10.1 Å². The standard InChI is InChI=1S/C17H28FN3/c1-5-20(6-2)14-10-11-21(12-14)16-9-7-8-15(18)17(16)13(3)19-4/h7-9,13-14,19H,5-6,10-12H2,1-4H3. The molecule has 0 aliphatic carbocycles. The molecule has 1 aliphatic rings. The van der Waals surface area contributed by atoms with Crippen molar-refractivity contribution in [1.82, 2.24) is 10.2 Å². The van der Waals surface area contributed by atoms with E-state index < -0.39 is 0 Å². The van der Waals surface area contributed by atoms with Gasteiger partial charge in [-0.3, -0.25) is 4.90 Å². The Labute approximate surface area is 128 Å². The maximum atomic E-state index is 14.3. The fourth-order valence-electron chi connectivity index (χ4n) is 3.37. The van der Waals surface area contributed by atoms with Crippen LogP contribution < -0.4 is 10.2 Å². The van der Waals surface area contributed by atoms with Crippen molar-refractivity contribution in [3.05, 3.63) is 29.6 Å². The molecule has 2 atom stereocenters. The summed E-state index contributed by atoms with van der Waals surface area (Å²) in [5.74, 6) is -0.111. The summed E-state index contributed by atoms with van der Waals surface area (Å²) < 4.78 is 14.3. The average molecular weight is 293 g/mol. The number of hydrogen-bond acceptors (Lipinski definition) is 3. The van der Waals surface area contributed by atoms with Crippen LogP contribution in [-0.4, -0.2) is 44.2 Å². The first-order valence-electron chi connectivity index (χ1n) is 8.07. The third-order valence-electron chi connectivity index (χ3n) is 4.73. The molecule has 1 aromatic carbocycles. The summed E-state index contributed by atoms with van der Waals surface area (Å²) in [5.41, 5.74) is 1.84. The van der Waals surface area contributed by atoms with Crippen molar-refractivity contribution >= 4 is 5.69 Å². The highest BCUT2D eigenvalue weighted by Crippen LogP contribution is 2.32. The molecular formula is C17H28FN3. The second-order valence-electron chi connectivity index (χ2n) is 5.79. The second-order valence-corrected chi connectivity index (χ2v) is 5.79. The smallest absolute Gasteiger partial charge is 0.130 e. The fourth-order valence-corrected chi connectivity index (χ4v) is 3.37. The number of halogens is 1. The number of anilines is 1. The molecule has 118 valence electrons. The molecule has 4 heteroatoms. The quantitative estimate of drug-likeness (QED) is 0.870. The largest absolute Gasteiger partial charge is 0.370 e. The van der Waals surface area contributed by atoms with E-state index in [0.29, 0.717) is 6.04 Å². The predicted octanol–water partition coefficient (Wildman–Crippen LogP) is 3.03. The van der Waals surface area contributed by atoms with E-state index in [9.17, 15) is 4.39 Å². The molecule has 0 saturated carbocycles. The van der Waals surface area contributed by atoms with E-state index in [1.54, 1.807) is 6.07 Å². The zero-order chi connectivity index (χ0) is 15.4. The highest BCUT2D eigenvalue weighted by atomic mass is 19.1. The van der Waals surface area contributed by atoms with Crippen LogP contribution in [0.15, 0.2) is 18.2 Å². The molecule has 0 aromatic heterocycles. The van der Waals surface area contributed by atoms with Crippen molar-refractivity contribution < 1.29 is 4.39 Å². The summed E-state index contributed by atoms with van der Waals surface area (Å²) in [6.07, 6.45) is 1.16. The minimum atomic E-state index is -0.111. The Kier molecular flexibility index (Phi) is 5.59. The van der Waals surface area contributed by atoms with E-state index in [0.717, 1.165) is 43.9 Å². The lowest BCUT2D eigenvalue weighted by atomic mass is 10.0. The third-order valence-corrected chi connectivity index (χ3v) is 4.73. The first-order chi connectivity index (χ1) is 10.1. The van der Waals surface area contributed by atoms with Gasteiger partial charge in [0.15, 0.2) is 0 Å². The van der Waals surface area contributed by atoms with Crippen LogP contribution in [0.2, 0.25) is 0 Å². The average Bonchev–Trinajstić information content (AvgIpc) is 2.97. The topological polar surface area (TPSA) is 18.5 Å². The molecule has 1 aromatic rings. The number of hydrogen-bond donors (Lipinski definition) is 1. The normalized spacial score (nSPS) is 20.3. The second kappa shape index (κ2) is 7.23. The van der Waals surface area contributed by atoms with E-state index in [1.165, 1.54) is 0 Å². The zero-order valence-corrected chi connectivity index (χ0v) is 13.7. The van der Waals surface area contributed by atoms with E-state index in [2.05, 4.69) is 35.0 Å². The lowest BCUT2D eigenvalue weighted by molar-refractivity contribution is 0.232. The Hall–Kier alpha value is -1.13. The first kappa shape index (κ1) is 16.2. The molecule has 0 bridgehead atoms. The van der Waals surface area contributed by atoms with Crippen LogP contribution in [-0.2, 0) is 0 Å². The van der Waals surface area contributed by atoms with Crippen molar-refractivity contribution in [3.8, 4) is 0 Å². The van der Waals surface area contributed by atoms with Gasteiger partial charge < -0.3 is 10.2 Å². The van der Waals surface area contributed by atoms with Gasteiger partial charge in [-0.15, -0.1) is 0 Å². The summed E-state index contributed by atoms with van der Waals surface area (Å²) in [6.45, 7) is 10.6. The summed E-state index contributed by atoms with van der Waals surface area (Å²) in [7, 11) is 1.88. The molecule has 3 nitrogen and oxygen atoms in total. The lowest BCUT2D eigenvalue weighted by Gasteiger charge is -2.28. The van der Waals surface area contributed by atoms with Crippen LogP contribution in [0, 0.1) is 5.82 Å². The molecule has 0 amide bonds. The van der Waals surface area contributed by atoms with Gasteiger partial charge in [0.25, 0.3) is 0 Å². The third kappa shape index (κ3) is 3.38. The van der Waals surface area contributed by atoms with Crippen LogP contribution in [0.3, 0.4) is 0 Å². The Morgan fingerprint density at radius 2 is 2.10 bits per heavy atom. The number of nitrogens with zero attached hydrogens (tertiary/aromatic N) is 2. The van der Waals surface area contributed by atoms with Crippen LogP contribution in [0.25, 0.3) is 0 Å². The summed E-state index contributed by atoms with van der Waals surface area (Å²) >= 11 is 0. The van der Waals surface area contributed by atoms with Gasteiger partial charge in [-0.25, -0.2) is 4.39 Å². The fraction of sp³-hybridized carbons (Fsp3) is 0.647. The van der Waals surface area contributed by atoms with Crippen molar-refractivity contribution in [3.63, 3.8) is 0 Å². The van der Waals surface area contributed by atoms with Gasteiger partial charge in [0, 0.05) is 36.4 Å². The lowest BCUT2D eigenvalue weighted by Crippen LogP contribution is -2.37. The molecule has 1 aliphatic heterocycles. The SMILES string of the molecule is CCN(CC)C1CCN(c2cccc(F)c2C(C)NC)C1.